The zero-order valence-corrected chi connectivity index (χ0v) is 12.7. The molecule has 0 saturated heterocycles. The van der Waals surface area contributed by atoms with Crippen molar-refractivity contribution in [1.29, 1.82) is 0 Å². The molecule has 0 aliphatic carbocycles. The quantitative estimate of drug-likeness (QED) is 0.744. The SMILES string of the molecule is CCOC(C)Cn1c(C(C)C)cnc1SCC(=O)O. The zero-order valence-electron chi connectivity index (χ0n) is 11.9. The summed E-state index contributed by atoms with van der Waals surface area (Å²) in [5.74, 6) is -0.457. The summed E-state index contributed by atoms with van der Waals surface area (Å²) in [6.07, 6.45) is 1.91. The minimum absolute atomic E-state index is 0.0254. The Balaban J connectivity index is 2.88. The molecule has 0 aliphatic rings. The molecular weight excluding hydrogens is 264 g/mol. The van der Waals surface area contributed by atoms with E-state index < -0.39 is 5.97 Å². The zero-order chi connectivity index (χ0) is 14.4. The standard InChI is InChI=1S/C13H22N2O3S/c1-5-18-10(4)7-15-11(9(2)3)6-14-13(15)19-8-12(16)17/h6,9-10H,5,7-8H2,1-4H3,(H,16,17). The number of rotatable bonds is 8. The summed E-state index contributed by atoms with van der Waals surface area (Å²) in [5, 5.41) is 9.51. The van der Waals surface area contributed by atoms with Gasteiger partial charge in [-0.3, -0.25) is 4.79 Å². The highest BCUT2D eigenvalue weighted by Gasteiger charge is 2.16. The van der Waals surface area contributed by atoms with Crippen molar-refractivity contribution in [2.45, 2.75) is 51.4 Å². The molecule has 0 radical (unpaired) electrons. The summed E-state index contributed by atoms with van der Waals surface area (Å²) >= 11 is 1.25. The maximum atomic E-state index is 10.7. The Hall–Kier alpha value is -1.01. The Morgan fingerprint density at radius 3 is 2.74 bits per heavy atom. The molecule has 1 aromatic rings. The average molecular weight is 286 g/mol. The molecule has 1 heterocycles. The first kappa shape index (κ1) is 16.0. The van der Waals surface area contributed by atoms with Gasteiger partial charge < -0.3 is 14.4 Å². The fourth-order valence-electron chi connectivity index (χ4n) is 1.85. The first-order chi connectivity index (χ1) is 8.95. The van der Waals surface area contributed by atoms with Crippen molar-refractivity contribution in [2.24, 2.45) is 0 Å². The second-order valence-corrected chi connectivity index (χ2v) is 5.62. The van der Waals surface area contributed by atoms with Gasteiger partial charge >= 0.3 is 5.97 Å². The van der Waals surface area contributed by atoms with Crippen molar-refractivity contribution >= 4 is 17.7 Å². The van der Waals surface area contributed by atoms with Crippen LogP contribution in [-0.4, -0.2) is 39.1 Å². The van der Waals surface area contributed by atoms with E-state index in [0.717, 1.165) is 10.9 Å². The molecule has 0 amide bonds. The van der Waals surface area contributed by atoms with Crippen LogP contribution in [0.5, 0.6) is 0 Å². The van der Waals surface area contributed by atoms with Gasteiger partial charge in [0.15, 0.2) is 5.16 Å². The van der Waals surface area contributed by atoms with E-state index in [1.165, 1.54) is 11.8 Å². The second-order valence-electron chi connectivity index (χ2n) is 4.68. The van der Waals surface area contributed by atoms with Gasteiger partial charge in [-0.05, 0) is 19.8 Å². The number of nitrogens with zero attached hydrogens (tertiary/aromatic N) is 2. The molecule has 0 fully saturated rings. The van der Waals surface area contributed by atoms with Crippen molar-refractivity contribution in [3.63, 3.8) is 0 Å². The third-order valence-electron chi connectivity index (χ3n) is 2.66. The predicted octanol–water partition coefficient (Wildman–Crippen LogP) is 2.61. The third-order valence-corrected chi connectivity index (χ3v) is 3.63. The average Bonchev–Trinajstić information content (AvgIpc) is 2.69. The number of thioether (sulfide) groups is 1. The molecule has 108 valence electrons. The number of ether oxygens (including phenoxy) is 1. The molecule has 1 atom stereocenters. The highest BCUT2D eigenvalue weighted by molar-refractivity contribution is 7.99. The van der Waals surface area contributed by atoms with Gasteiger partial charge in [-0.2, -0.15) is 0 Å². The van der Waals surface area contributed by atoms with Crippen LogP contribution in [0, 0.1) is 0 Å². The molecule has 6 heteroatoms. The van der Waals surface area contributed by atoms with E-state index in [1.807, 2.05) is 20.0 Å². The molecule has 0 bridgehead atoms. The van der Waals surface area contributed by atoms with Crippen LogP contribution in [0.4, 0.5) is 0 Å². The number of hydrogen-bond donors (Lipinski definition) is 1. The molecule has 0 saturated carbocycles. The monoisotopic (exact) mass is 286 g/mol. The highest BCUT2D eigenvalue weighted by Crippen LogP contribution is 2.24. The summed E-state index contributed by atoms with van der Waals surface area (Å²) in [6, 6.07) is 0. The number of hydrogen-bond acceptors (Lipinski definition) is 4. The van der Waals surface area contributed by atoms with Gasteiger partial charge in [0.1, 0.15) is 0 Å². The van der Waals surface area contributed by atoms with E-state index in [-0.39, 0.29) is 11.9 Å². The summed E-state index contributed by atoms with van der Waals surface area (Å²) in [6.45, 7) is 9.55. The lowest BCUT2D eigenvalue weighted by Crippen LogP contribution is -2.19. The van der Waals surface area contributed by atoms with Crippen molar-refractivity contribution in [2.75, 3.05) is 12.4 Å². The minimum atomic E-state index is -0.830. The van der Waals surface area contributed by atoms with Crippen LogP contribution in [0.3, 0.4) is 0 Å². The first-order valence-electron chi connectivity index (χ1n) is 6.47. The third kappa shape index (κ3) is 4.87. The molecule has 1 N–H and O–H groups in total. The van der Waals surface area contributed by atoms with Gasteiger partial charge in [0.25, 0.3) is 0 Å². The van der Waals surface area contributed by atoms with E-state index >= 15 is 0 Å². The molecule has 0 aliphatic heterocycles. The maximum absolute atomic E-state index is 10.7. The highest BCUT2D eigenvalue weighted by atomic mass is 32.2. The Bertz CT molecular complexity index is 418. The smallest absolute Gasteiger partial charge is 0.313 e. The van der Waals surface area contributed by atoms with Crippen LogP contribution in [0.1, 0.15) is 39.3 Å². The van der Waals surface area contributed by atoms with Crippen molar-refractivity contribution in [3.8, 4) is 0 Å². The number of carboxylic acids is 1. The van der Waals surface area contributed by atoms with Gasteiger partial charge in [-0.1, -0.05) is 25.6 Å². The summed E-state index contributed by atoms with van der Waals surface area (Å²) in [5.41, 5.74) is 1.11. The first-order valence-corrected chi connectivity index (χ1v) is 7.45. The maximum Gasteiger partial charge on any atom is 0.313 e. The minimum Gasteiger partial charge on any atom is -0.481 e. The lowest BCUT2D eigenvalue weighted by molar-refractivity contribution is -0.133. The van der Waals surface area contributed by atoms with E-state index in [4.69, 9.17) is 9.84 Å². The molecule has 0 spiro atoms. The van der Waals surface area contributed by atoms with Crippen LogP contribution in [0.15, 0.2) is 11.4 Å². The Labute approximate surface area is 118 Å². The molecule has 19 heavy (non-hydrogen) atoms. The van der Waals surface area contributed by atoms with Gasteiger partial charge in [0, 0.05) is 18.5 Å². The number of aliphatic carboxylic acids is 1. The lowest BCUT2D eigenvalue weighted by atomic mass is 10.1. The Morgan fingerprint density at radius 2 is 2.21 bits per heavy atom. The molecule has 5 nitrogen and oxygen atoms in total. The summed E-state index contributed by atoms with van der Waals surface area (Å²) in [7, 11) is 0. The van der Waals surface area contributed by atoms with E-state index in [1.54, 1.807) is 0 Å². The van der Waals surface area contributed by atoms with E-state index in [9.17, 15) is 4.79 Å². The molecule has 1 rings (SSSR count). The van der Waals surface area contributed by atoms with E-state index in [0.29, 0.717) is 19.1 Å². The van der Waals surface area contributed by atoms with Gasteiger partial charge in [-0.25, -0.2) is 4.98 Å². The van der Waals surface area contributed by atoms with Crippen LogP contribution in [-0.2, 0) is 16.1 Å². The van der Waals surface area contributed by atoms with Crippen LogP contribution in [0.2, 0.25) is 0 Å². The summed E-state index contributed by atoms with van der Waals surface area (Å²) in [4.78, 5) is 15.0. The Morgan fingerprint density at radius 1 is 1.53 bits per heavy atom. The largest absolute Gasteiger partial charge is 0.481 e. The number of carbonyl (C=O) groups is 1. The van der Waals surface area contributed by atoms with Gasteiger partial charge in [0.2, 0.25) is 0 Å². The fourth-order valence-corrected chi connectivity index (χ4v) is 2.57. The Kier molecular flexibility index (Phi) is 6.37. The topological polar surface area (TPSA) is 64.4 Å². The summed E-state index contributed by atoms with van der Waals surface area (Å²) < 4.78 is 7.62. The number of aromatic nitrogens is 2. The molecular formula is C13H22N2O3S. The van der Waals surface area contributed by atoms with Gasteiger partial charge in [-0.15, -0.1) is 0 Å². The normalized spacial score (nSPS) is 12.9. The number of imidazole rings is 1. The van der Waals surface area contributed by atoms with Crippen LogP contribution in [0.25, 0.3) is 0 Å². The van der Waals surface area contributed by atoms with Crippen LogP contribution < -0.4 is 0 Å². The number of carboxylic acid groups (broad SMARTS) is 1. The fraction of sp³-hybridized carbons (Fsp3) is 0.692. The van der Waals surface area contributed by atoms with Crippen LogP contribution >= 0.6 is 11.8 Å². The van der Waals surface area contributed by atoms with Crippen molar-refractivity contribution in [1.82, 2.24) is 9.55 Å². The van der Waals surface area contributed by atoms with Crippen molar-refractivity contribution in [3.05, 3.63) is 11.9 Å². The molecule has 0 aromatic carbocycles. The lowest BCUT2D eigenvalue weighted by Gasteiger charge is -2.18. The second kappa shape index (κ2) is 7.55. The molecule has 1 unspecified atom stereocenters. The van der Waals surface area contributed by atoms with Gasteiger partial charge in [0.05, 0.1) is 18.4 Å². The molecule has 1 aromatic heterocycles. The van der Waals surface area contributed by atoms with Crippen molar-refractivity contribution < 1.29 is 14.6 Å². The van der Waals surface area contributed by atoms with E-state index in [2.05, 4.69) is 23.4 Å². The predicted molar refractivity (Wildman–Crippen MR) is 75.8 cm³/mol.